The SMILES string of the molecule is CCCCC(=O)N(Cc1ccc(-c2ccccc2-c2nnnn2C)cc1)C(C(=O)OCc1ccccc1)C(C)C. The van der Waals surface area contributed by atoms with Crippen LogP contribution in [0.3, 0.4) is 0 Å². The molecule has 4 aromatic rings. The Morgan fingerprint density at radius 3 is 2.20 bits per heavy atom. The van der Waals surface area contributed by atoms with Crippen LogP contribution in [0.15, 0.2) is 78.9 Å². The van der Waals surface area contributed by atoms with Crippen molar-refractivity contribution >= 4 is 11.9 Å². The quantitative estimate of drug-likeness (QED) is 0.210. The maximum Gasteiger partial charge on any atom is 0.329 e. The predicted octanol–water partition coefficient (Wildman–Crippen LogP) is 5.83. The van der Waals surface area contributed by atoms with E-state index in [2.05, 4.69) is 22.4 Å². The molecule has 1 unspecified atom stereocenters. The van der Waals surface area contributed by atoms with Crippen molar-refractivity contribution < 1.29 is 14.3 Å². The number of esters is 1. The molecule has 0 aliphatic carbocycles. The van der Waals surface area contributed by atoms with E-state index < -0.39 is 6.04 Å². The Kier molecular flexibility index (Phi) is 9.78. The fourth-order valence-corrected chi connectivity index (χ4v) is 4.76. The second-order valence-corrected chi connectivity index (χ2v) is 10.3. The first-order valence-corrected chi connectivity index (χ1v) is 13.8. The molecule has 0 N–H and O–H groups in total. The van der Waals surface area contributed by atoms with Crippen LogP contribution in [0.4, 0.5) is 0 Å². The summed E-state index contributed by atoms with van der Waals surface area (Å²) < 4.78 is 7.36. The number of nitrogens with zero attached hydrogens (tertiary/aromatic N) is 5. The Labute approximate surface area is 236 Å². The molecule has 0 fully saturated rings. The van der Waals surface area contributed by atoms with Crippen LogP contribution in [0.5, 0.6) is 0 Å². The molecule has 4 rings (SSSR count). The highest BCUT2D eigenvalue weighted by Crippen LogP contribution is 2.31. The number of hydrogen-bond donors (Lipinski definition) is 0. The number of amides is 1. The van der Waals surface area contributed by atoms with Gasteiger partial charge in [0.25, 0.3) is 0 Å². The van der Waals surface area contributed by atoms with E-state index in [9.17, 15) is 9.59 Å². The lowest BCUT2D eigenvalue weighted by molar-refractivity contribution is -0.159. The highest BCUT2D eigenvalue weighted by molar-refractivity contribution is 5.85. The molecule has 8 nitrogen and oxygen atoms in total. The lowest BCUT2D eigenvalue weighted by Gasteiger charge is -2.33. The monoisotopic (exact) mass is 539 g/mol. The van der Waals surface area contributed by atoms with Crippen LogP contribution in [0.2, 0.25) is 0 Å². The standard InChI is InChI=1S/C32H37N5O3/c1-5-6-16-29(38)37(30(23(2)3)32(39)40-22-25-12-8-7-9-13-25)21-24-17-19-26(20-18-24)27-14-10-11-15-28(27)31-33-34-35-36(31)4/h7-15,17-20,23,30H,5-6,16,21-22H2,1-4H3. The minimum atomic E-state index is -0.683. The first kappa shape index (κ1) is 28.7. The fraction of sp³-hybridized carbons (Fsp3) is 0.344. The number of carbonyl (C=O) groups excluding carboxylic acids is 2. The lowest BCUT2D eigenvalue weighted by atomic mass is 9.97. The topological polar surface area (TPSA) is 90.2 Å². The third-order valence-electron chi connectivity index (χ3n) is 6.90. The molecule has 0 radical (unpaired) electrons. The van der Waals surface area contributed by atoms with Crippen molar-refractivity contribution in [3.8, 4) is 22.5 Å². The summed E-state index contributed by atoms with van der Waals surface area (Å²) in [6, 6.07) is 25.0. The van der Waals surface area contributed by atoms with Crippen molar-refractivity contribution in [2.24, 2.45) is 13.0 Å². The van der Waals surface area contributed by atoms with E-state index in [0.717, 1.165) is 40.7 Å². The predicted molar refractivity (Wildman–Crippen MR) is 155 cm³/mol. The molecule has 208 valence electrons. The third-order valence-corrected chi connectivity index (χ3v) is 6.90. The van der Waals surface area contributed by atoms with Gasteiger partial charge >= 0.3 is 5.97 Å². The number of rotatable bonds is 12. The van der Waals surface area contributed by atoms with Crippen LogP contribution in [0.1, 0.15) is 51.2 Å². The van der Waals surface area contributed by atoms with Gasteiger partial charge in [-0.2, -0.15) is 0 Å². The van der Waals surface area contributed by atoms with Crippen molar-refractivity contribution in [2.45, 2.75) is 59.2 Å². The minimum Gasteiger partial charge on any atom is -0.459 e. The number of hydrogen-bond acceptors (Lipinski definition) is 6. The molecule has 1 amide bonds. The summed E-state index contributed by atoms with van der Waals surface area (Å²) in [5.41, 5.74) is 4.80. The van der Waals surface area contributed by atoms with Crippen LogP contribution in [-0.4, -0.2) is 43.0 Å². The first-order chi connectivity index (χ1) is 19.4. The van der Waals surface area contributed by atoms with Crippen LogP contribution < -0.4 is 0 Å². The van der Waals surface area contributed by atoms with E-state index in [1.807, 2.05) is 99.8 Å². The number of ether oxygens (including phenoxy) is 1. The molecule has 3 aromatic carbocycles. The van der Waals surface area contributed by atoms with Gasteiger partial charge in [0.1, 0.15) is 12.6 Å². The Hall–Kier alpha value is -4.33. The van der Waals surface area contributed by atoms with Crippen molar-refractivity contribution in [1.29, 1.82) is 0 Å². The van der Waals surface area contributed by atoms with E-state index in [4.69, 9.17) is 4.74 Å². The van der Waals surface area contributed by atoms with Crippen molar-refractivity contribution in [3.63, 3.8) is 0 Å². The molecular weight excluding hydrogens is 502 g/mol. The van der Waals surface area contributed by atoms with Gasteiger partial charge in [0.2, 0.25) is 5.91 Å². The second-order valence-electron chi connectivity index (χ2n) is 10.3. The average Bonchev–Trinajstić information content (AvgIpc) is 3.40. The van der Waals surface area contributed by atoms with Gasteiger partial charge in [-0.15, -0.1) is 5.10 Å². The molecule has 40 heavy (non-hydrogen) atoms. The lowest BCUT2D eigenvalue weighted by Crippen LogP contribution is -2.48. The normalized spacial score (nSPS) is 11.8. The highest BCUT2D eigenvalue weighted by atomic mass is 16.5. The van der Waals surface area contributed by atoms with Crippen LogP contribution in [-0.2, 0) is 34.5 Å². The van der Waals surface area contributed by atoms with E-state index in [1.165, 1.54) is 0 Å². The van der Waals surface area contributed by atoms with Gasteiger partial charge in [-0.3, -0.25) is 4.79 Å². The molecule has 8 heteroatoms. The van der Waals surface area contributed by atoms with Gasteiger partial charge in [-0.25, -0.2) is 9.48 Å². The summed E-state index contributed by atoms with van der Waals surface area (Å²) in [5.74, 6) is 0.147. The summed E-state index contributed by atoms with van der Waals surface area (Å²) in [5, 5.41) is 11.9. The Morgan fingerprint density at radius 1 is 0.900 bits per heavy atom. The van der Waals surface area contributed by atoms with Gasteiger partial charge < -0.3 is 9.64 Å². The van der Waals surface area contributed by atoms with E-state index in [-0.39, 0.29) is 24.4 Å². The number of carbonyl (C=O) groups is 2. The maximum atomic E-state index is 13.4. The molecular formula is C32H37N5O3. The third kappa shape index (κ3) is 7.00. The molecule has 0 aliphatic rings. The number of benzene rings is 3. The maximum absolute atomic E-state index is 13.4. The summed E-state index contributed by atoms with van der Waals surface area (Å²) in [7, 11) is 1.81. The van der Waals surface area contributed by atoms with Crippen LogP contribution >= 0.6 is 0 Å². The summed E-state index contributed by atoms with van der Waals surface area (Å²) in [4.78, 5) is 28.5. The van der Waals surface area contributed by atoms with E-state index in [1.54, 1.807) is 9.58 Å². The summed E-state index contributed by atoms with van der Waals surface area (Å²) in [6.07, 6.45) is 2.06. The fourth-order valence-electron chi connectivity index (χ4n) is 4.76. The molecule has 0 aliphatic heterocycles. The van der Waals surface area contributed by atoms with Gasteiger partial charge in [0, 0.05) is 25.6 Å². The van der Waals surface area contributed by atoms with Gasteiger partial charge in [0.05, 0.1) is 0 Å². The van der Waals surface area contributed by atoms with Crippen molar-refractivity contribution in [1.82, 2.24) is 25.1 Å². The Morgan fingerprint density at radius 2 is 1.57 bits per heavy atom. The largest absolute Gasteiger partial charge is 0.459 e. The molecule has 0 spiro atoms. The Bertz CT molecular complexity index is 1400. The highest BCUT2D eigenvalue weighted by Gasteiger charge is 2.33. The van der Waals surface area contributed by atoms with E-state index >= 15 is 0 Å². The molecule has 1 atom stereocenters. The van der Waals surface area contributed by atoms with Crippen LogP contribution in [0.25, 0.3) is 22.5 Å². The zero-order valence-corrected chi connectivity index (χ0v) is 23.7. The minimum absolute atomic E-state index is 0.0404. The number of tetrazole rings is 1. The van der Waals surface area contributed by atoms with Crippen molar-refractivity contribution in [2.75, 3.05) is 0 Å². The van der Waals surface area contributed by atoms with Gasteiger partial charge in [0.15, 0.2) is 5.82 Å². The first-order valence-electron chi connectivity index (χ1n) is 13.8. The number of unbranched alkanes of at least 4 members (excludes halogenated alkanes) is 1. The van der Waals surface area contributed by atoms with Crippen molar-refractivity contribution in [3.05, 3.63) is 90.0 Å². The number of aryl methyl sites for hydroxylation is 1. The van der Waals surface area contributed by atoms with Crippen LogP contribution in [0, 0.1) is 5.92 Å². The zero-order chi connectivity index (χ0) is 28.5. The average molecular weight is 540 g/mol. The van der Waals surface area contributed by atoms with Gasteiger partial charge in [-0.1, -0.05) is 106 Å². The smallest absolute Gasteiger partial charge is 0.329 e. The number of aromatic nitrogens is 4. The second kappa shape index (κ2) is 13.6. The molecule has 1 aromatic heterocycles. The van der Waals surface area contributed by atoms with Gasteiger partial charge in [-0.05, 0) is 45.0 Å². The molecule has 0 saturated heterocycles. The van der Waals surface area contributed by atoms with E-state index in [0.29, 0.717) is 18.8 Å². The zero-order valence-electron chi connectivity index (χ0n) is 23.7. The molecule has 0 bridgehead atoms. The summed E-state index contributed by atoms with van der Waals surface area (Å²) >= 11 is 0. The Balaban J connectivity index is 1.57. The summed E-state index contributed by atoms with van der Waals surface area (Å²) in [6.45, 7) is 6.46. The molecule has 1 heterocycles. The molecule has 0 saturated carbocycles.